The largest absolute Gasteiger partial charge is 0.326 e. The Kier molecular flexibility index (Phi) is 9.83. The molecule has 0 aromatic heterocycles. The lowest BCUT2D eigenvalue weighted by Crippen LogP contribution is -2.20. The van der Waals surface area contributed by atoms with Gasteiger partial charge in [0.25, 0.3) is 0 Å². The number of unbranched alkanes of at least 4 members (excludes halogenated alkanes) is 2. The van der Waals surface area contributed by atoms with Gasteiger partial charge in [-0.3, -0.25) is 9.59 Å². The van der Waals surface area contributed by atoms with Crippen LogP contribution in [0.2, 0.25) is 0 Å². The molecule has 1 amide bonds. The molecule has 0 fully saturated rings. The van der Waals surface area contributed by atoms with Crippen LogP contribution in [-0.4, -0.2) is 18.5 Å². The van der Waals surface area contributed by atoms with Crippen molar-refractivity contribution < 1.29 is 14.4 Å². The lowest BCUT2D eigenvalue weighted by atomic mass is 9.84. The van der Waals surface area contributed by atoms with E-state index in [4.69, 9.17) is 0 Å². The zero-order valence-corrected chi connectivity index (χ0v) is 19.9. The number of amides is 1. The Balaban J connectivity index is 2.25. The van der Waals surface area contributed by atoms with Gasteiger partial charge in [0.1, 0.15) is 12.6 Å². The molecule has 1 atom stereocenters. The van der Waals surface area contributed by atoms with Gasteiger partial charge in [-0.05, 0) is 53.0 Å². The highest BCUT2D eigenvalue weighted by atomic mass is 16.1. The van der Waals surface area contributed by atoms with Crippen molar-refractivity contribution in [1.82, 2.24) is 0 Å². The molecule has 4 heteroatoms. The van der Waals surface area contributed by atoms with Crippen molar-refractivity contribution >= 4 is 24.2 Å². The van der Waals surface area contributed by atoms with Gasteiger partial charge in [0.05, 0.1) is 0 Å². The first-order valence-corrected chi connectivity index (χ1v) is 11.7. The molecule has 0 saturated heterocycles. The molecule has 2 aromatic rings. The Morgan fingerprint density at radius 2 is 1.84 bits per heavy atom. The number of hydrogen-bond donors (Lipinski definition) is 1. The topological polar surface area (TPSA) is 63.2 Å². The smallest absolute Gasteiger partial charge is 0.224 e. The molecule has 0 aliphatic rings. The van der Waals surface area contributed by atoms with Gasteiger partial charge in [-0.2, -0.15) is 0 Å². The number of aldehydes is 2. The summed E-state index contributed by atoms with van der Waals surface area (Å²) < 4.78 is 0. The SMILES string of the molecule is CCCCCC(CC(=O)Nc1cc(CCC=O)ccc1C(C)(C)C)c1cccc(C=O)c1. The Morgan fingerprint density at radius 3 is 2.50 bits per heavy atom. The average Bonchev–Trinajstić information content (AvgIpc) is 2.76. The van der Waals surface area contributed by atoms with E-state index in [1.165, 1.54) is 0 Å². The van der Waals surface area contributed by atoms with Crippen molar-refractivity contribution in [1.29, 1.82) is 0 Å². The normalized spacial score (nSPS) is 12.2. The number of aryl methyl sites for hydroxylation is 1. The van der Waals surface area contributed by atoms with Gasteiger partial charge in [0, 0.05) is 24.1 Å². The molecule has 0 radical (unpaired) electrons. The molecule has 172 valence electrons. The molecule has 0 aliphatic heterocycles. The molecule has 4 nitrogen and oxygen atoms in total. The first-order chi connectivity index (χ1) is 15.3. The number of carbonyl (C=O) groups excluding carboxylic acids is 3. The van der Waals surface area contributed by atoms with Gasteiger partial charge in [-0.15, -0.1) is 0 Å². The number of carbonyl (C=O) groups is 3. The second-order valence-corrected chi connectivity index (χ2v) is 9.57. The van der Waals surface area contributed by atoms with Gasteiger partial charge in [-0.1, -0.05) is 77.3 Å². The maximum atomic E-state index is 13.2. The third kappa shape index (κ3) is 7.74. The maximum absolute atomic E-state index is 13.2. The van der Waals surface area contributed by atoms with Crippen LogP contribution in [0.5, 0.6) is 0 Å². The molecular weight excluding hydrogens is 398 g/mol. The van der Waals surface area contributed by atoms with Gasteiger partial charge in [-0.25, -0.2) is 0 Å². The van der Waals surface area contributed by atoms with E-state index in [0.29, 0.717) is 24.8 Å². The summed E-state index contributed by atoms with van der Waals surface area (Å²) in [7, 11) is 0. The van der Waals surface area contributed by atoms with Crippen LogP contribution in [0.4, 0.5) is 5.69 Å². The lowest BCUT2D eigenvalue weighted by Gasteiger charge is -2.25. The van der Waals surface area contributed by atoms with E-state index in [9.17, 15) is 14.4 Å². The van der Waals surface area contributed by atoms with E-state index in [2.05, 4.69) is 39.1 Å². The summed E-state index contributed by atoms with van der Waals surface area (Å²) in [5.74, 6) is 0.0406. The van der Waals surface area contributed by atoms with Crippen LogP contribution in [0.1, 0.15) is 99.2 Å². The molecule has 32 heavy (non-hydrogen) atoms. The Labute approximate surface area is 192 Å². The first kappa shape index (κ1) is 25.5. The molecule has 0 saturated carbocycles. The minimum Gasteiger partial charge on any atom is -0.326 e. The zero-order chi connectivity index (χ0) is 23.6. The fourth-order valence-corrected chi connectivity index (χ4v) is 4.07. The summed E-state index contributed by atoms with van der Waals surface area (Å²) >= 11 is 0. The highest BCUT2D eigenvalue weighted by Gasteiger charge is 2.21. The van der Waals surface area contributed by atoms with Crippen molar-refractivity contribution in [2.24, 2.45) is 0 Å². The quantitative estimate of drug-likeness (QED) is 0.301. The minimum atomic E-state index is -0.120. The Bertz CT molecular complexity index is 911. The number of anilines is 1. The van der Waals surface area contributed by atoms with E-state index in [1.54, 1.807) is 6.07 Å². The molecule has 0 spiro atoms. The van der Waals surface area contributed by atoms with Crippen LogP contribution in [-0.2, 0) is 21.4 Å². The number of rotatable bonds is 12. The molecular formula is C28H37NO3. The maximum Gasteiger partial charge on any atom is 0.224 e. The van der Waals surface area contributed by atoms with Gasteiger partial charge in [0.15, 0.2) is 0 Å². The summed E-state index contributed by atoms with van der Waals surface area (Å²) in [4.78, 5) is 35.2. The molecule has 1 N–H and O–H groups in total. The van der Waals surface area contributed by atoms with Crippen molar-refractivity contribution in [2.75, 3.05) is 5.32 Å². The summed E-state index contributed by atoms with van der Waals surface area (Å²) in [6.45, 7) is 8.55. The summed E-state index contributed by atoms with van der Waals surface area (Å²) in [6, 6.07) is 13.7. The predicted molar refractivity (Wildman–Crippen MR) is 131 cm³/mol. The van der Waals surface area contributed by atoms with Gasteiger partial charge in [0.2, 0.25) is 5.91 Å². The lowest BCUT2D eigenvalue weighted by molar-refractivity contribution is -0.116. The van der Waals surface area contributed by atoms with Crippen molar-refractivity contribution in [3.05, 3.63) is 64.7 Å². The fourth-order valence-electron chi connectivity index (χ4n) is 4.07. The summed E-state index contributed by atoms with van der Waals surface area (Å²) in [6.07, 6.45) is 7.48. The first-order valence-electron chi connectivity index (χ1n) is 11.7. The van der Waals surface area contributed by atoms with Crippen molar-refractivity contribution in [2.45, 2.75) is 84.0 Å². The van der Waals surface area contributed by atoms with E-state index in [1.807, 2.05) is 30.3 Å². The zero-order valence-electron chi connectivity index (χ0n) is 19.9. The molecule has 0 bridgehead atoms. The monoisotopic (exact) mass is 435 g/mol. The summed E-state index contributed by atoms with van der Waals surface area (Å²) in [5, 5.41) is 3.16. The second kappa shape index (κ2) is 12.3. The van der Waals surface area contributed by atoms with Gasteiger partial charge < -0.3 is 10.1 Å². The van der Waals surface area contributed by atoms with Crippen LogP contribution in [0, 0.1) is 0 Å². The van der Waals surface area contributed by atoms with E-state index in [0.717, 1.165) is 60.6 Å². The Morgan fingerprint density at radius 1 is 1.06 bits per heavy atom. The standard InChI is InChI=1S/C28H37NO3/c1-5-6-7-12-24(23-13-8-10-22(17-23)20-31)19-27(32)29-26-18-21(11-9-16-30)14-15-25(26)28(2,3)4/h8,10,13-18,20,24H,5-7,9,11-12,19H2,1-4H3,(H,29,32). The third-order valence-corrected chi connectivity index (χ3v) is 5.82. The van der Waals surface area contributed by atoms with Crippen LogP contribution in [0.25, 0.3) is 0 Å². The van der Waals surface area contributed by atoms with Crippen LogP contribution in [0.3, 0.4) is 0 Å². The van der Waals surface area contributed by atoms with E-state index in [-0.39, 0.29) is 17.2 Å². The number of nitrogens with one attached hydrogen (secondary N) is 1. The number of benzene rings is 2. The van der Waals surface area contributed by atoms with Crippen molar-refractivity contribution in [3.63, 3.8) is 0 Å². The molecule has 0 aliphatic carbocycles. The highest BCUT2D eigenvalue weighted by Crippen LogP contribution is 2.32. The van der Waals surface area contributed by atoms with E-state index < -0.39 is 0 Å². The second-order valence-electron chi connectivity index (χ2n) is 9.57. The fraction of sp³-hybridized carbons (Fsp3) is 0.464. The van der Waals surface area contributed by atoms with Gasteiger partial charge >= 0.3 is 0 Å². The Hall–Kier alpha value is -2.75. The third-order valence-electron chi connectivity index (χ3n) is 5.82. The van der Waals surface area contributed by atoms with Crippen LogP contribution < -0.4 is 5.32 Å². The minimum absolute atomic E-state index is 0.0268. The van der Waals surface area contributed by atoms with Crippen molar-refractivity contribution in [3.8, 4) is 0 Å². The molecule has 1 unspecified atom stereocenters. The molecule has 2 aromatic carbocycles. The predicted octanol–water partition coefficient (Wildman–Crippen LogP) is 6.62. The van der Waals surface area contributed by atoms with E-state index >= 15 is 0 Å². The number of hydrogen-bond acceptors (Lipinski definition) is 3. The highest BCUT2D eigenvalue weighted by molar-refractivity contribution is 5.92. The van der Waals surface area contributed by atoms with Crippen LogP contribution in [0.15, 0.2) is 42.5 Å². The molecule has 2 rings (SSSR count). The molecule has 0 heterocycles. The van der Waals surface area contributed by atoms with Crippen LogP contribution >= 0.6 is 0 Å². The average molecular weight is 436 g/mol. The summed E-state index contributed by atoms with van der Waals surface area (Å²) in [5.41, 5.74) is 4.49.